The minimum absolute atomic E-state index is 0.0624. The third kappa shape index (κ3) is 2.70. The lowest BCUT2D eigenvalue weighted by molar-refractivity contribution is -0.139. The third-order valence-electron chi connectivity index (χ3n) is 6.54. The summed E-state index contributed by atoms with van der Waals surface area (Å²) in [5.74, 6) is 1.91. The Hall–Kier alpha value is -0.570. The van der Waals surface area contributed by atoms with Gasteiger partial charge in [0.25, 0.3) is 0 Å². The van der Waals surface area contributed by atoms with Crippen molar-refractivity contribution < 1.29 is 9.53 Å². The molecule has 3 heteroatoms. The first-order valence-corrected chi connectivity index (χ1v) is 9.55. The largest absolute Gasteiger partial charge is 0.459 e. The van der Waals surface area contributed by atoms with Gasteiger partial charge in [0.05, 0.1) is 0 Å². The van der Waals surface area contributed by atoms with Gasteiger partial charge in [-0.2, -0.15) is 0 Å². The quantitative estimate of drug-likeness (QED) is 0.495. The molecule has 3 unspecified atom stereocenters. The van der Waals surface area contributed by atoms with E-state index >= 15 is 0 Å². The highest BCUT2D eigenvalue weighted by atomic mass is 79.9. The first kappa shape index (κ1) is 16.3. The van der Waals surface area contributed by atoms with Crippen LogP contribution in [-0.4, -0.2) is 12.1 Å². The molecule has 1 saturated heterocycles. The fourth-order valence-electron chi connectivity index (χ4n) is 5.49. The zero-order chi connectivity index (χ0) is 15.9. The average Bonchev–Trinajstić information content (AvgIpc) is 2.98. The lowest BCUT2D eigenvalue weighted by Crippen LogP contribution is -2.36. The SMILES string of the molecule is C=C1C[C@H](C[C@@H](C)C2CCC3/C(=C/Br)CCCC32C)OC1=O. The minimum atomic E-state index is -0.185. The standard InChI is InChI=1S/C19H27BrO2/c1-12(9-15-10-13(2)18(21)22-15)16-6-7-17-14(11-20)5-4-8-19(16,17)3/h11-12,15-17H,2,4-10H2,1,3H3/b14-11+/t12-,15+,16?,17?,19?/m1/s1. The molecule has 1 aliphatic heterocycles. The van der Waals surface area contributed by atoms with E-state index in [1.54, 1.807) is 5.57 Å². The van der Waals surface area contributed by atoms with Crippen LogP contribution in [0.3, 0.4) is 0 Å². The van der Waals surface area contributed by atoms with Crippen LogP contribution in [0.5, 0.6) is 0 Å². The van der Waals surface area contributed by atoms with Gasteiger partial charge in [0.15, 0.2) is 0 Å². The molecule has 0 aromatic heterocycles. The third-order valence-corrected chi connectivity index (χ3v) is 7.12. The summed E-state index contributed by atoms with van der Waals surface area (Å²) >= 11 is 3.58. The number of cyclic esters (lactones) is 1. The van der Waals surface area contributed by atoms with Crippen LogP contribution in [-0.2, 0) is 9.53 Å². The van der Waals surface area contributed by atoms with E-state index in [2.05, 4.69) is 41.3 Å². The van der Waals surface area contributed by atoms with E-state index in [1.165, 1.54) is 32.1 Å². The molecule has 2 saturated carbocycles. The van der Waals surface area contributed by atoms with Crippen molar-refractivity contribution in [1.29, 1.82) is 0 Å². The zero-order valence-corrected chi connectivity index (χ0v) is 15.3. The molecular weight excluding hydrogens is 340 g/mol. The summed E-state index contributed by atoms with van der Waals surface area (Å²) < 4.78 is 5.46. The van der Waals surface area contributed by atoms with Crippen molar-refractivity contribution in [2.45, 2.75) is 64.9 Å². The molecule has 3 rings (SSSR count). The maximum Gasteiger partial charge on any atom is 0.333 e. The van der Waals surface area contributed by atoms with Gasteiger partial charge in [-0.25, -0.2) is 4.79 Å². The number of ether oxygens (including phenoxy) is 1. The zero-order valence-electron chi connectivity index (χ0n) is 13.7. The van der Waals surface area contributed by atoms with Crippen molar-refractivity contribution in [2.24, 2.45) is 23.2 Å². The number of allylic oxidation sites excluding steroid dienone is 1. The number of fused-ring (bicyclic) bond motifs is 1. The number of hydrogen-bond donors (Lipinski definition) is 0. The van der Waals surface area contributed by atoms with Crippen molar-refractivity contribution in [2.75, 3.05) is 0 Å². The van der Waals surface area contributed by atoms with E-state index in [4.69, 9.17) is 4.74 Å². The molecule has 3 aliphatic rings. The summed E-state index contributed by atoms with van der Waals surface area (Å²) in [7, 11) is 0. The highest BCUT2D eigenvalue weighted by molar-refractivity contribution is 9.11. The Morgan fingerprint density at radius 3 is 2.91 bits per heavy atom. The van der Waals surface area contributed by atoms with E-state index in [0.29, 0.717) is 16.9 Å². The lowest BCUT2D eigenvalue weighted by atomic mass is 9.61. The Morgan fingerprint density at radius 1 is 1.50 bits per heavy atom. The summed E-state index contributed by atoms with van der Waals surface area (Å²) in [5, 5.41) is 0. The van der Waals surface area contributed by atoms with E-state index < -0.39 is 0 Å². The normalized spacial score (nSPS) is 41.6. The van der Waals surface area contributed by atoms with Gasteiger partial charge in [-0.1, -0.05) is 41.9 Å². The van der Waals surface area contributed by atoms with Gasteiger partial charge in [0.2, 0.25) is 0 Å². The number of esters is 1. The van der Waals surface area contributed by atoms with Crippen LogP contribution in [0.2, 0.25) is 0 Å². The number of carbonyl (C=O) groups excluding carboxylic acids is 1. The Bertz CT molecular complexity index is 494. The second kappa shape index (κ2) is 6.14. The topological polar surface area (TPSA) is 26.3 Å². The second-order valence-electron chi connectivity index (χ2n) is 7.83. The molecule has 5 atom stereocenters. The molecule has 0 amide bonds. The maximum absolute atomic E-state index is 11.5. The van der Waals surface area contributed by atoms with Gasteiger partial charge in [-0.3, -0.25) is 0 Å². The van der Waals surface area contributed by atoms with E-state index in [-0.39, 0.29) is 12.1 Å². The summed E-state index contributed by atoms with van der Waals surface area (Å²) in [4.78, 5) is 13.7. The summed E-state index contributed by atoms with van der Waals surface area (Å²) in [6, 6.07) is 0. The van der Waals surface area contributed by atoms with Crippen LogP contribution in [0.1, 0.15) is 58.8 Å². The summed E-state index contributed by atoms with van der Waals surface area (Å²) in [5.41, 5.74) is 2.69. The number of rotatable bonds is 3. The van der Waals surface area contributed by atoms with Crippen molar-refractivity contribution in [1.82, 2.24) is 0 Å². The average molecular weight is 367 g/mol. The Morgan fingerprint density at radius 2 is 2.27 bits per heavy atom. The maximum atomic E-state index is 11.5. The van der Waals surface area contributed by atoms with Gasteiger partial charge >= 0.3 is 5.97 Å². The molecule has 22 heavy (non-hydrogen) atoms. The Kier molecular flexibility index (Phi) is 4.55. The molecule has 1 heterocycles. The van der Waals surface area contributed by atoms with Crippen LogP contribution >= 0.6 is 15.9 Å². The summed E-state index contributed by atoms with van der Waals surface area (Å²) in [6.45, 7) is 8.66. The molecule has 122 valence electrons. The molecule has 0 spiro atoms. The fourth-order valence-corrected chi connectivity index (χ4v) is 6.04. The predicted molar refractivity (Wildman–Crippen MR) is 92.6 cm³/mol. The lowest BCUT2D eigenvalue weighted by Gasteiger charge is -2.44. The smallest absolute Gasteiger partial charge is 0.333 e. The fraction of sp³-hybridized carbons (Fsp3) is 0.737. The summed E-state index contributed by atoms with van der Waals surface area (Å²) in [6.07, 6.45) is 8.32. The first-order valence-electron chi connectivity index (χ1n) is 8.63. The van der Waals surface area contributed by atoms with Gasteiger partial charge in [-0.05, 0) is 66.7 Å². The van der Waals surface area contributed by atoms with Crippen molar-refractivity contribution in [3.05, 3.63) is 22.7 Å². The van der Waals surface area contributed by atoms with E-state index in [1.807, 2.05) is 0 Å². The Balaban J connectivity index is 1.69. The molecule has 0 bridgehead atoms. The monoisotopic (exact) mass is 366 g/mol. The molecule has 0 aromatic carbocycles. The van der Waals surface area contributed by atoms with Gasteiger partial charge in [0.1, 0.15) is 6.10 Å². The van der Waals surface area contributed by atoms with Crippen LogP contribution in [0, 0.1) is 23.2 Å². The van der Waals surface area contributed by atoms with Crippen molar-refractivity contribution in [3.63, 3.8) is 0 Å². The van der Waals surface area contributed by atoms with Gasteiger partial charge in [-0.15, -0.1) is 0 Å². The highest BCUT2D eigenvalue weighted by Crippen LogP contribution is 2.60. The van der Waals surface area contributed by atoms with E-state index in [0.717, 1.165) is 24.7 Å². The van der Waals surface area contributed by atoms with Crippen molar-refractivity contribution >= 4 is 21.9 Å². The molecule has 0 aromatic rings. The van der Waals surface area contributed by atoms with Gasteiger partial charge < -0.3 is 4.74 Å². The van der Waals surface area contributed by atoms with Crippen LogP contribution in [0.4, 0.5) is 0 Å². The highest BCUT2D eigenvalue weighted by Gasteiger charge is 2.51. The number of carbonyl (C=O) groups is 1. The molecule has 2 nitrogen and oxygen atoms in total. The van der Waals surface area contributed by atoms with Gasteiger partial charge in [0, 0.05) is 12.0 Å². The van der Waals surface area contributed by atoms with Crippen LogP contribution in [0.25, 0.3) is 0 Å². The minimum Gasteiger partial charge on any atom is -0.459 e. The number of hydrogen-bond acceptors (Lipinski definition) is 2. The first-order chi connectivity index (χ1) is 10.5. The van der Waals surface area contributed by atoms with Crippen LogP contribution < -0.4 is 0 Å². The molecule has 0 N–H and O–H groups in total. The molecule has 3 fully saturated rings. The Labute approximate surface area is 142 Å². The molecule has 2 aliphatic carbocycles. The second-order valence-corrected chi connectivity index (χ2v) is 8.29. The van der Waals surface area contributed by atoms with Crippen molar-refractivity contribution in [3.8, 4) is 0 Å². The number of halogens is 1. The molecular formula is C19H27BrO2. The van der Waals surface area contributed by atoms with Crippen LogP contribution in [0.15, 0.2) is 22.7 Å². The van der Waals surface area contributed by atoms with E-state index in [9.17, 15) is 4.79 Å². The predicted octanol–water partition coefficient (Wildman–Crippen LogP) is 5.38. The molecule has 0 radical (unpaired) electrons.